The van der Waals surface area contributed by atoms with Gasteiger partial charge in [0.05, 0.1) is 5.92 Å². The molecule has 0 saturated heterocycles. The Balaban J connectivity index is 2.00. The van der Waals surface area contributed by atoms with Gasteiger partial charge in [0.2, 0.25) is 0 Å². The number of amides is 1. The lowest BCUT2D eigenvalue weighted by Gasteiger charge is -2.31. The van der Waals surface area contributed by atoms with Crippen molar-refractivity contribution in [2.24, 2.45) is 5.92 Å². The quantitative estimate of drug-likeness (QED) is 0.816. The Bertz CT molecular complexity index is 530. The first-order valence-electron chi connectivity index (χ1n) is 6.91. The minimum Gasteiger partial charge on any atom is -0.349 e. The van der Waals surface area contributed by atoms with Crippen LogP contribution in [0.1, 0.15) is 41.6 Å². The highest BCUT2D eigenvalue weighted by Gasteiger charge is 2.42. The standard InChI is InChI=1S/C15H17BrF3NO/c1-9-7-10(5-6-13(9)16)14(21)20-12-4-2-3-11(8-12)15(17,18)19/h5-7,11-12H,2-4,8H2,1H3,(H,20,21). The zero-order valence-corrected chi connectivity index (χ0v) is 13.2. The topological polar surface area (TPSA) is 29.1 Å². The summed E-state index contributed by atoms with van der Waals surface area (Å²) in [5, 5.41) is 2.73. The van der Waals surface area contributed by atoms with Crippen molar-refractivity contribution < 1.29 is 18.0 Å². The molecule has 1 aromatic rings. The second kappa shape index (κ2) is 6.38. The fraction of sp³-hybridized carbons (Fsp3) is 0.533. The van der Waals surface area contributed by atoms with E-state index >= 15 is 0 Å². The first kappa shape index (κ1) is 16.3. The minimum absolute atomic E-state index is 0.0231. The van der Waals surface area contributed by atoms with E-state index in [1.54, 1.807) is 18.2 Å². The van der Waals surface area contributed by atoms with Gasteiger partial charge < -0.3 is 5.32 Å². The first-order chi connectivity index (χ1) is 9.77. The summed E-state index contributed by atoms with van der Waals surface area (Å²) in [4.78, 5) is 12.1. The number of carbonyl (C=O) groups excluding carboxylic acids is 1. The van der Waals surface area contributed by atoms with Crippen molar-refractivity contribution in [2.45, 2.75) is 44.8 Å². The fourth-order valence-electron chi connectivity index (χ4n) is 2.67. The number of halogens is 4. The van der Waals surface area contributed by atoms with Crippen LogP contribution in [0.25, 0.3) is 0 Å². The lowest BCUT2D eigenvalue weighted by Crippen LogP contribution is -2.41. The first-order valence-corrected chi connectivity index (χ1v) is 7.70. The number of alkyl halides is 3. The van der Waals surface area contributed by atoms with Gasteiger partial charge in [0, 0.05) is 16.1 Å². The Morgan fingerprint density at radius 3 is 2.67 bits per heavy atom. The summed E-state index contributed by atoms with van der Waals surface area (Å²) < 4.78 is 39.2. The van der Waals surface area contributed by atoms with Crippen LogP contribution in [-0.4, -0.2) is 18.1 Å². The van der Waals surface area contributed by atoms with Crippen LogP contribution in [0.3, 0.4) is 0 Å². The van der Waals surface area contributed by atoms with Crippen molar-refractivity contribution in [1.82, 2.24) is 5.32 Å². The van der Waals surface area contributed by atoms with Crippen molar-refractivity contribution in [3.63, 3.8) is 0 Å². The lowest BCUT2D eigenvalue weighted by molar-refractivity contribution is -0.183. The molecule has 6 heteroatoms. The third kappa shape index (κ3) is 4.22. The van der Waals surface area contributed by atoms with Crippen molar-refractivity contribution in [3.05, 3.63) is 33.8 Å². The summed E-state index contributed by atoms with van der Waals surface area (Å²) in [6, 6.07) is 4.76. The molecule has 1 aliphatic rings. The van der Waals surface area contributed by atoms with Gasteiger partial charge in [-0.3, -0.25) is 4.79 Å². The van der Waals surface area contributed by atoms with Crippen LogP contribution in [0.4, 0.5) is 13.2 Å². The third-order valence-corrected chi connectivity index (χ3v) is 4.78. The molecule has 1 saturated carbocycles. The van der Waals surface area contributed by atoms with Gasteiger partial charge in [-0.1, -0.05) is 22.4 Å². The molecular formula is C15H17BrF3NO. The maximum absolute atomic E-state index is 12.8. The van der Waals surface area contributed by atoms with E-state index < -0.39 is 18.1 Å². The van der Waals surface area contributed by atoms with E-state index in [0.29, 0.717) is 18.4 Å². The van der Waals surface area contributed by atoms with E-state index in [9.17, 15) is 18.0 Å². The van der Waals surface area contributed by atoms with Crippen LogP contribution in [0, 0.1) is 12.8 Å². The second-order valence-electron chi connectivity index (χ2n) is 5.54. The molecule has 1 aliphatic carbocycles. The highest BCUT2D eigenvalue weighted by Crippen LogP contribution is 2.37. The highest BCUT2D eigenvalue weighted by atomic mass is 79.9. The molecule has 1 N–H and O–H groups in total. The largest absolute Gasteiger partial charge is 0.391 e. The molecule has 2 rings (SSSR count). The van der Waals surface area contributed by atoms with Crippen LogP contribution in [-0.2, 0) is 0 Å². The Morgan fingerprint density at radius 1 is 1.33 bits per heavy atom. The van der Waals surface area contributed by atoms with Crippen molar-refractivity contribution >= 4 is 21.8 Å². The Kier molecular flexibility index (Phi) is 4.96. The Hall–Kier alpha value is -1.04. The van der Waals surface area contributed by atoms with Crippen molar-refractivity contribution in [2.75, 3.05) is 0 Å². The highest BCUT2D eigenvalue weighted by molar-refractivity contribution is 9.10. The zero-order chi connectivity index (χ0) is 15.6. The predicted molar refractivity (Wildman–Crippen MR) is 78.1 cm³/mol. The van der Waals surface area contributed by atoms with Crippen LogP contribution in [0.5, 0.6) is 0 Å². The van der Waals surface area contributed by atoms with Gasteiger partial charge >= 0.3 is 6.18 Å². The average Bonchev–Trinajstić information content (AvgIpc) is 2.41. The van der Waals surface area contributed by atoms with E-state index in [1.165, 1.54) is 0 Å². The van der Waals surface area contributed by atoms with Gasteiger partial charge in [-0.05, 0) is 49.9 Å². The van der Waals surface area contributed by atoms with Gasteiger partial charge in [0.15, 0.2) is 0 Å². The van der Waals surface area contributed by atoms with Crippen molar-refractivity contribution in [1.29, 1.82) is 0 Å². The SMILES string of the molecule is Cc1cc(C(=O)NC2CCCC(C(F)(F)F)C2)ccc1Br. The van der Waals surface area contributed by atoms with E-state index in [2.05, 4.69) is 21.2 Å². The zero-order valence-electron chi connectivity index (χ0n) is 11.6. The predicted octanol–water partition coefficient (Wildman–Crippen LogP) is 4.61. The average molecular weight is 364 g/mol. The molecule has 21 heavy (non-hydrogen) atoms. The molecule has 0 bridgehead atoms. The molecule has 1 fully saturated rings. The van der Waals surface area contributed by atoms with E-state index in [4.69, 9.17) is 0 Å². The monoisotopic (exact) mass is 363 g/mol. The van der Waals surface area contributed by atoms with E-state index in [0.717, 1.165) is 10.0 Å². The molecule has 1 aromatic carbocycles. The number of hydrogen-bond donors (Lipinski definition) is 1. The van der Waals surface area contributed by atoms with Gasteiger partial charge in [-0.25, -0.2) is 0 Å². The van der Waals surface area contributed by atoms with Gasteiger partial charge in [0.1, 0.15) is 0 Å². The molecule has 0 spiro atoms. The summed E-state index contributed by atoms with van der Waals surface area (Å²) in [7, 11) is 0. The van der Waals surface area contributed by atoms with Gasteiger partial charge in [-0.15, -0.1) is 0 Å². The smallest absolute Gasteiger partial charge is 0.349 e. The second-order valence-corrected chi connectivity index (χ2v) is 6.39. The molecule has 0 aliphatic heterocycles. The van der Waals surface area contributed by atoms with Crippen LogP contribution in [0.15, 0.2) is 22.7 Å². The number of rotatable bonds is 2. The molecular weight excluding hydrogens is 347 g/mol. The molecule has 2 atom stereocenters. The number of carbonyl (C=O) groups is 1. The summed E-state index contributed by atoms with van der Waals surface area (Å²) in [5.41, 5.74) is 1.39. The number of nitrogens with one attached hydrogen (secondary N) is 1. The summed E-state index contributed by atoms with van der Waals surface area (Å²) in [6.07, 6.45) is -2.93. The van der Waals surface area contributed by atoms with E-state index in [-0.39, 0.29) is 18.7 Å². The minimum atomic E-state index is -4.17. The van der Waals surface area contributed by atoms with Crippen LogP contribution < -0.4 is 5.32 Å². The fourth-order valence-corrected chi connectivity index (χ4v) is 2.92. The summed E-state index contributed by atoms with van der Waals surface area (Å²) in [6.45, 7) is 1.86. The molecule has 0 aromatic heterocycles. The normalized spacial score (nSPS) is 22.9. The Labute approximate surface area is 130 Å². The molecule has 1 amide bonds. The molecule has 0 radical (unpaired) electrons. The molecule has 2 unspecified atom stereocenters. The number of hydrogen-bond acceptors (Lipinski definition) is 1. The lowest BCUT2D eigenvalue weighted by atomic mass is 9.85. The molecule has 116 valence electrons. The maximum atomic E-state index is 12.8. The third-order valence-electron chi connectivity index (χ3n) is 3.89. The van der Waals surface area contributed by atoms with Crippen LogP contribution >= 0.6 is 15.9 Å². The Morgan fingerprint density at radius 2 is 2.05 bits per heavy atom. The van der Waals surface area contributed by atoms with Crippen LogP contribution in [0.2, 0.25) is 0 Å². The van der Waals surface area contributed by atoms with Crippen molar-refractivity contribution in [3.8, 4) is 0 Å². The maximum Gasteiger partial charge on any atom is 0.391 e. The molecule has 2 nitrogen and oxygen atoms in total. The summed E-state index contributed by atoms with van der Waals surface area (Å²) in [5.74, 6) is -1.61. The van der Waals surface area contributed by atoms with Gasteiger partial charge in [0.25, 0.3) is 5.91 Å². The number of benzene rings is 1. The van der Waals surface area contributed by atoms with Gasteiger partial charge in [-0.2, -0.15) is 13.2 Å². The summed E-state index contributed by atoms with van der Waals surface area (Å²) >= 11 is 3.35. The molecule has 0 heterocycles. The number of aryl methyl sites for hydroxylation is 1. The van der Waals surface area contributed by atoms with E-state index in [1.807, 2.05) is 6.92 Å².